The van der Waals surface area contributed by atoms with E-state index in [4.69, 9.17) is 29.0 Å². The van der Waals surface area contributed by atoms with E-state index >= 15 is 0 Å². The van der Waals surface area contributed by atoms with E-state index < -0.39 is 49.9 Å². The Hall–Kier alpha value is -1.40. The summed E-state index contributed by atoms with van der Waals surface area (Å²) in [4.78, 5) is 15.1. The molecule has 2 saturated heterocycles. The number of amides is 1. The Balaban J connectivity index is 1.83. The number of rotatable bonds is 9. The maximum Gasteiger partial charge on any atom is 0.333 e. The molecule has 0 saturated carbocycles. The largest absolute Gasteiger partial charge is 0.390 e. The number of fused-ring (bicyclic) bond motifs is 1. The highest BCUT2D eigenvalue weighted by atomic mass is 31.2. The summed E-state index contributed by atoms with van der Waals surface area (Å²) in [6, 6.07) is 0. The number of nitrogens with zero attached hydrogens (tertiary/aromatic N) is 3. The average Bonchev–Trinajstić information content (AvgIpc) is 3.27. The van der Waals surface area contributed by atoms with Crippen molar-refractivity contribution < 1.29 is 37.7 Å². The third kappa shape index (κ3) is 4.69. The molecule has 164 valence electrons. The standard InChI is InChI=1S/C16H27N4O8P/c1-5-24-29(23,25-6-2)7-9(21)10-11-12(28-16(3,4)27-11)15(26-10)20-8-18-14(19-20)13(17)22/h8-12,15,21H,5-7H2,1-4H3,(H2,17,22)/t9?,10-,11-,12-,15?/m1/s1. The molecule has 2 unspecified atom stereocenters. The number of nitrogens with two attached hydrogens (primary N) is 1. The van der Waals surface area contributed by atoms with Gasteiger partial charge in [0, 0.05) is 0 Å². The highest BCUT2D eigenvalue weighted by Gasteiger charge is 2.58. The molecule has 1 amide bonds. The summed E-state index contributed by atoms with van der Waals surface area (Å²) >= 11 is 0. The third-order valence-corrected chi connectivity index (χ3v) is 6.62. The van der Waals surface area contributed by atoms with Crippen molar-refractivity contribution in [3.63, 3.8) is 0 Å². The smallest absolute Gasteiger partial charge is 0.333 e. The van der Waals surface area contributed by atoms with E-state index in [1.54, 1.807) is 27.7 Å². The van der Waals surface area contributed by atoms with Gasteiger partial charge in [-0.25, -0.2) is 9.67 Å². The van der Waals surface area contributed by atoms with Crippen LogP contribution in [0.25, 0.3) is 0 Å². The van der Waals surface area contributed by atoms with Crippen LogP contribution in [-0.2, 0) is 27.8 Å². The molecular weight excluding hydrogens is 407 g/mol. The van der Waals surface area contributed by atoms with Gasteiger partial charge in [-0.2, -0.15) is 0 Å². The van der Waals surface area contributed by atoms with Crippen LogP contribution < -0.4 is 5.73 Å². The molecule has 2 aliphatic rings. The van der Waals surface area contributed by atoms with Gasteiger partial charge < -0.3 is 34.1 Å². The molecule has 3 rings (SSSR count). The lowest BCUT2D eigenvalue weighted by Gasteiger charge is -2.28. The fourth-order valence-electron chi connectivity index (χ4n) is 3.51. The molecule has 2 aliphatic heterocycles. The van der Waals surface area contributed by atoms with E-state index in [1.807, 2.05) is 0 Å². The van der Waals surface area contributed by atoms with Crippen LogP contribution in [0.15, 0.2) is 6.33 Å². The third-order valence-electron chi connectivity index (χ3n) is 4.50. The van der Waals surface area contributed by atoms with Gasteiger partial charge >= 0.3 is 7.60 Å². The van der Waals surface area contributed by atoms with Crippen LogP contribution >= 0.6 is 7.60 Å². The van der Waals surface area contributed by atoms with Crippen LogP contribution in [0, 0.1) is 0 Å². The summed E-state index contributed by atoms with van der Waals surface area (Å²) in [5, 5.41) is 14.8. The van der Waals surface area contributed by atoms with Gasteiger partial charge in [0.1, 0.15) is 24.6 Å². The van der Waals surface area contributed by atoms with Crippen LogP contribution in [0.1, 0.15) is 44.5 Å². The Morgan fingerprint density at radius 3 is 2.52 bits per heavy atom. The fourth-order valence-corrected chi connectivity index (χ4v) is 5.25. The number of primary amides is 1. The Morgan fingerprint density at radius 2 is 1.97 bits per heavy atom. The van der Waals surface area contributed by atoms with Gasteiger partial charge in [0.25, 0.3) is 5.91 Å². The van der Waals surface area contributed by atoms with Gasteiger partial charge in [0.2, 0.25) is 5.82 Å². The second-order valence-corrected chi connectivity index (χ2v) is 9.27. The minimum Gasteiger partial charge on any atom is -0.390 e. The SMILES string of the molecule is CCOP(=O)(CC(O)[C@H]1OC(n2cnc(C(N)=O)n2)[C@@H]2OC(C)(C)O[C@H]12)OCC. The summed E-state index contributed by atoms with van der Waals surface area (Å²) in [5.41, 5.74) is 5.20. The van der Waals surface area contributed by atoms with E-state index in [2.05, 4.69) is 10.1 Å². The second kappa shape index (κ2) is 8.38. The first-order chi connectivity index (χ1) is 13.6. The number of ether oxygens (including phenoxy) is 3. The molecule has 0 bridgehead atoms. The first-order valence-electron chi connectivity index (χ1n) is 9.37. The van der Waals surface area contributed by atoms with E-state index in [-0.39, 0.29) is 25.2 Å². The van der Waals surface area contributed by atoms with Gasteiger partial charge in [0.15, 0.2) is 12.0 Å². The van der Waals surface area contributed by atoms with Crippen molar-refractivity contribution in [1.29, 1.82) is 0 Å². The van der Waals surface area contributed by atoms with Crippen molar-refractivity contribution in [2.75, 3.05) is 19.4 Å². The zero-order valence-corrected chi connectivity index (χ0v) is 17.7. The Kier molecular flexibility index (Phi) is 6.44. The van der Waals surface area contributed by atoms with Crippen LogP contribution in [0.4, 0.5) is 0 Å². The van der Waals surface area contributed by atoms with Gasteiger partial charge in [-0.15, -0.1) is 5.10 Å². The summed E-state index contributed by atoms with van der Waals surface area (Å²) in [5.74, 6) is -1.90. The van der Waals surface area contributed by atoms with Crippen molar-refractivity contribution in [2.45, 2.75) is 64.1 Å². The maximum absolute atomic E-state index is 12.8. The maximum atomic E-state index is 12.8. The van der Waals surface area contributed by atoms with Gasteiger partial charge in [-0.05, 0) is 27.7 Å². The summed E-state index contributed by atoms with van der Waals surface area (Å²) in [6.07, 6.45) is -3.27. The first kappa shape index (κ1) is 22.3. The average molecular weight is 434 g/mol. The summed E-state index contributed by atoms with van der Waals surface area (Å²) in [7, 11) is -3.52. The van der Waals surface area contributed by atoms with E-state index in [9.17, 15) is 14.5 Å². The molecule has 29 heavy (non-hydrogen) atoms. The molecule has 3 heterocycles. The van der Waals surface area contributed by atoms with E-state index in [0.29, 0.717) is 0 Å². The minimum atomic E-state index is -3.52. The second-order valence-electron chi connectivity index (χ2n) is 7.16. The first-order valence-corrected chi connectivity index (χ1v) is 11.1. The number of carbonyl (C=O) groups excluding carboxylic acids is 1. The number of aromatic nitrogens is 3. The number of hydrogen-bond donors (Lipinski definition) is 2. The summed E-state index contributed by atoms with van der Waals surface area (Å²) in [6.45, 7) is 7.18. The molecule has 13 heteroatoms. The number of aliphatic hydroxyl groups is 1. The lowest BCUT2D eigenvalue weighted by Crippen LogP contribution is -2.40. The topological polar surface area (TPSA) is 157 Å². The summed E-state index contributed by atoms with van der Waals surface area (Å²) < 4.78 is 42.4. The molecule has 3 N–H and O–H groups in total. The van der Waals surface area contributed by atoms with Crippen molar-refractivity contribution in [1.82, 2.24) is 14.8 Å². The molecule has 5 atom stereocenters. The molecule has 0 aliphatic carbocycles. The Labute approximate surface area is 168 Å². The van der Waals surface area contributed by atoms with Gasteiger partial charge in [0.05, 0.1) is 25.5 Å². The lowest BCUT2D eigenvalue weighted by atomic mass is 10.1. The fraction of sp³-hybridized carbons (Fsp3) is 0.812. The number of hydrogen-bond acceptors (Lipinski definition) is 10. The van der Waals surface area contributed by atoms with Crippen molar-refractivity contribution >= 4 is 13.5 Å². The van der Waals surface area contributed by atoms with Gasteiger partial charge in [-0.1, -0.05) is 0 Å². The molecular formula is C16H27N4O8P. The predicted molar refractivity (Wildman–Crippen MR) is 98.0 cm³/mol. The van der Waals surface area contributed by atoms with Crippen molar-refractivity contribution in [2.24, 2.45) is 5.73 Å². The zero-order valence-electron chi connectivity index (χ0n) is 16.8. The van der Waals surface area contributed by atoms with Crippen LogP contribution in [-0.4, -0.2) is 75.4 Å². The lowest BCUT2D eigenvalue weighted by molar-refractivity contribution is -0.207. The minimum absolute atomic E-state index is 0.172. The highest BCUT2D eigenvalue weighted by Crippen LogP contribution is 2.51. The quantitative estimate of drug-likeness (QED) is 0.522. The number of carbonyl (C=O) groups is 1. The molecule has 0 radical (unpaired) electrons. The Morgan fingerprint density at radius 1 is 1.34 bits per heavy atom. The van der Waals surface area contributed by atoms with Crippen LogP contribution in [0.3, 0.4) is 0 Å². The molecule has 12 nitrogen and oxygen atoms in total. The number of aliphatic hydroxyl groups excluding tert-OH is 1. The highest BCUT2D eigenvalue weighted by molar-refractivity contribution is 7.53. The van der Waals surface area contributed by atoms with Gasteiger partial charge in [-0.3, -0.25) is 9.36 Å². The molecule has 0 spiro atoms. The normalized spacial score (nSPS) is 29.7. The molecule has 0 aromatic carbocycles. The van der Waals surface area contributed by atoms with Crippen LogP contribution in [0.2, 0.25) is 0 Å². The van der Waals surface area contributed by atoms with Crippen molar-refractivity contribution in [3.8, 4) is 0 Å². The monoisotopic (exact) mass is 434 g/mol. The van der Waals surface area contributed by atoms with Crippen molar-refractivity contribution in [3.05, 3.63) is 12.2 Å². The Bertz CT molecular complexity index is 777. The van der Waals surface area contributed by atoms with E-state index in [1.165, 1.54) is 11.0 Å². The zero-order chi connectivity index (χ0) is 21.4. The molecule has 1 aromatic heterocycles. The van der Waals surface area contributed by atoms with E-state index in [0.717, 1.165) is 0 Å². The predicted octanol–water partition coefficient (Wildman–Crippen LogP) is 0.422. The molecule has 1 aromatic rings. The van der Waals surface area contributed by atoms with Crippen LogP contribution in [0.5, 0.6) is 0 Å². The molecule has 2 fully saturated rings.